The summed E-state index contributed by atoms with van der Waals surface area (Å²) in [6.07, 6.45) is 7.37. The summed E-state index contributed by atoms with van der Waals surface area (Å²) in [6, 6.07) is 8.74. The molecule has 136 valence electrons. The van der Waals surface area contributed by atoms with Gasteiger partial charge in [-0.25, -0.2) is 0 Å². The van der Waals surface area contributed by atoms with Crippen LogP contribution in [0.4, 0.5) is 0 Å². The zero-order chi connectivity index (χ0) is 17.1. The van der Waals surface area contributed by atoms with Crippen LogP contribution < -0.4 is 10.6 Å². The van der Waals surface area contributed by atoms with E-state index in [9.17, 15) is 4.79 Å². The molecular formula is C21H31N3O. The molecule has 2 atom stereocenters. The first-order valence-corrected chi connectivity index (χ1v) is 10.1. The van der Waals surface area contributed by atoms with Gasteiger partial charge in [-0.15, -0.1) is 0 Å². The predicted octanol–water partition coefficient (Wildman–Crippen LogP) is 2.68. The Morgan fingerprint density at radius 1 is 1.20 bits per heavy atom. The van der Waals surface area contributed by atoms with Crippen LogP contribution >= 0.6 is 0 Å². The Morgan fingerprint density at radius 2 is 2.04 bits per heavy atom. The van der Waals surface area contributed by atoms with Crippen LogP contribution in [0.25, 0.3) is 0 Å². The average Bonchev–Trinajstić information content (AvgIpc) is 3.30. The number of benzene rings is 1. The van der Waals surface area contributed by atoms with Crippen LogP contribution in [0.2, 0.25) is 0 Å². The van der Waals surface area contributed by atoms with E-state index in [0.717, 1.165) is 26.1 Å². The number of rotatable bonds is 5. The molecule has 1 amide bonds. The minimum Gasteiger partial charge on any atom is -0.351 e. The molecule has 0 bridgehead atoms. The monoisotopic (exact) mass is 341 g/mol. The van der Waals surface area contributed by atoms with Gasteiger partial charge in [-0.05, 0) is 62.4 Å². The molecule has 4 heteroatoms. The van der Waals surface area contributed by atoms with E-state index in [4.69, 9.17) is 0 Å². The molecule has 1 aromatic carbocycles. The van der Waals surface area contributed by atoms with Crippen LogP contribution in [0.5, 0.6) is 0 Å². The molecule has 25 heavy (non-hydrogen) atoms. The third-order valence-electron chi connectivity index (χ3n) is 6.54. The van der Waals surface area contributed by atoms with E-state index in [-0.39, 0.29) is 11.3 Å². The van der Waals surface area contributed by atoms with E-state index in [1.54, 1.807) is 0 Å². The van der Waals surface area contributed by atoms with Gasteiger partial charge in [0, 0.05) is 19.6 Å². The van der Waals surface area contributed by atoms with Gasteiger partial charge in [-0.3, -0.25) is 9.69 Å². The number of carbonyl (C=O) groups is 1. The summed E-state index contributed by atoms with van der Waals surface area (Å²) >= 11 is 0. The van der Waals surface area contributed by atoms with Crippen LogP contribution in [-0.2, 0) is 17.9 Å². The van der Waals surface area contributed by atoms with Gasteiger partial charge in [-0.2, -0.15) is 0 Å². The van der Waals surface area contributed by atoms with E-state index in [2.05, 4.69) is 39.8 Å². The van der Waals surface area contributed by atoms with Gasteiger partial charge in [0.2, 0.25) is 5.91 Å². The quantitative estimate of drug-likeness (QED) is 0.865. The van der Waals surface area contributed by atoms with Crippen LogP contribution in [0, 0.1) is 11.3 Å². The third-order valence-corrected chi connectivity index (χ3v) is 6.54. The second kappa shape index (κ2) is 7.46. The van der Waals surface area contributed by atoms with Crippen molar-refractivity contribution in [1.29, 1.82) is 0 Å². The summed E-state index contributed by atoms with van der Waals surface area (Å²) in [5.74, 6) is 0.801. The Hall–Kier alpha value is -1.39. The van der Waals surface area contributed by atoms with Crippen LogP contribution in [0.3, 0.4) is 0 Å². The maximum absolute atomic E-state index is 13.0. The lowest BCUT2D eigenvalue weighted by atomic mass is 9.67. The van der Waals surface area contributed by atoms with Crippen LogP contribution in [0.15, 0.2) is 24.3 Å². The van der Waals surface area contributed by atoms with E-state index >= 15 is 0 Å². The van der Waals surface area contributed by atoms with Crippen molar-refractivity contribution in [3.05, 3.63) is 35.4 Å². The van der Waals surface area contributed by atoms with Crippen molar-refractivity contribution in [3.8, 4) is 0 Å². The largest absolute Gasteiger partial charge is 0.351 e. The Labute approximate surface area is 151 Å². The zero-order valence-electron chi connectivity index (χ0n) is 15.2. The molecule has 2 saturated heterocycles. The van der Waals surface area contributed by atoms with E-state index < -0.39 is 0 Å². The molecule has 4 rings (SSSR count). The van der Waals surface area contributed by atoms with Gasteiger partial charge in [0.1, 0.15) is 0 Å². The minimum absolute atomic E-state index is 0.147. The van der Waals surface area contributed by atoms with Gasteiger partial charge in [0.15, 0.2) is 0 Å². The topological polar surface area (TPSA) is 44.4 Å². The molecule has 2 heterocycles. The highest BCUT2D eigenvalue weighted by Gasteiger charge is 2.49. The molecule has 3 aliphatic rings. The molecule has 0 aromatic heterocycles. The van der Waals surface area contributed by atoms with Crippen molar-refractivity contribution in [2.45, 2.75) is 51.6 Å². The van der Waals surface area contributed by atoms with E-state index in [0.29, 0.717) is 12.5 Å². The van der Waals surface area contributed by atoms with Gasteiger partial charge < -0.3 is 10.6 Å². The number of amides is 1. The minimum atomic E-state index is -0.147. The molecule has 1 saturated carbocycles. The molecule has 2 N–H and O–H groups in total. The number of fused-ring (bicyclic) bond motifs is 1. The van der Waals surface area contributed by atoms with Gasteiger partial charge in [-0.1, -0.05) is 37.1 Å². The molecule has 3 fully saturated rings. The van der Waals surface area contributed by atoms with E-state index in [1.807, 2.05) is 0 Å². The summed E-state index contributed by atoms with van der Waals surface area (Å²) in [5, 5.41) is 6.73. The lowest BCUT2D eigenvalue weighted by Crippen LogP contribution is -2.47. The number of hydrogen-bond acceptors (Lipinski definition) is 3. The second-order valence-electron chi connectivity index (χ2n) is 8.22. The first-order chi connectivity index (χ1) is 12.3. The number of nitrogens with one attached hydrogen (secondary N) is 2. The van der Waals surface area contributed by atoms with Crippen molar-refractivity contribution in [3.63, 3.8) is 0 Å². The maximum atomic E-state index is 13.0. The molecule has 1 aliphatic carbocycles. The average molecular weight is 341 g/mol. The number of hydrogen-bond donors (Lipinski definition) is 2. The van der Waals surface area contributed by atoms with Crippen molar-refractivity contribution in [2.75, 3.05) is 26.2 Å². The van der Waals surface area contributed by atoms with Gasteiger partial charge in [0.25, 0.3) is 0 Å². The first-order valence-electron chi connectivity index (χ1n) is 10.1. The Bertz CT molecular complexity index is 611. The number of carbonyl (C=O) groups excluding carboxylic acids is 1. The first kappa shape index (κ1) is 17.0. The highest BCUT2D eigenvalue weighted by molar-refractivity contribution is 5.83. The summed E-state index contributed by atoms with van der Waals surface area (Å²) in [5.41, 5.74) is 2.44. The Morgan fingerprint density at radius 3 is 2.92 bits per heavy atom. The Balaban J connectivity index is 1.36. The second-order valence-corrected chi connectivity index (χ2v) is 8.22. The fraction of sp³-hybridized carbons (Fsp3) is 0.667. The number of likely N-dealkylation sites (tertiary alicyclic amines) is 1. The van der Waals surface area contributed by atoms with Crippen molar-refractivity contribution in [1.82, 2.24) is 15.5 Å². The molecule has 1 aromatic rings. The highest BCUT2D eigenvalue weighted by Crippen LogP contribution is 2.43. The highest BCUT2D eigenvalue weighted by atomic mass is 16.2. The van der Waals surface area contributed by atoms with Gasteiger partial charge in [0.05, 0.1) is 5.41 Å². The van der Waals surface area contributed by atoms with Gasteiger partial charge >= 0.3 is 0 Å². The zero-order valence-corrected chi connectivity index (χ0v) is 15.2. The lowest BCUT2D eigenvalue weighted by molar-refractivity contribution is -0.134. The maximum Gasteiger partial charge on any atom is 0.228 e. The molecule has 0 radical (unpaired) electrons. The predicted molar refractivity (Wildman–Crippen MR) is 100 cm³/mol. The smallest absolute Gasteiger partial charge is 0.228 e. The molecular weight excluding hydrogens is 310 g/mol. The fourth-order valence-electron chi connectivity index (χ4n) is 5.09. The normalized spacial score (nSPS) is 29.5. The van der Waals surface area contributed by atoms with Crippen molar-refractivity contribution < 1.29 is 4.79 Å². The Kier molecular flexibility index (Phi) is 5.09. The fourth-order valence-corrected chi connectivity index (χ4v) is 5.09. The molecule has 2 aliphatic heterocycles. The van der Waals surface area contributed by atoms with Crippen molar-refractivity contribution in [2.24, 2.45) is 11.3 Å². The molecule has 0 spiro atoms. The summed E-state index contributed by atoms with van der Waals surface area (Å²) < 4.78 is 0. The lowest BCUT2D eigenvalue weighted by Gasteiger charge is -2.37. The molecule has 4 nitrogen and oxygen atoms in total. The third kappa shape index (κ3) is 3.61. The summed E-state index contributed by atoms with van der Waals surface area (Å²) in [6.45, 7) is 6.01. The van der Waals surface area contributed by atoms with E-state index in [1.165, 1.54) is 56.3 Å². The summed E-state index contributed by atoms with van der Waals surface area (Å²) in [4.78, 5) is 15.5. The van der Waals surface area contributed by atoms with Crippen LogP contribution in [-0.4, -0.2) is 37.0 Å². The standard InChI is InChI=1S/C21H31N3O/c25-20(21-9-2-1-8-19(21)14-22-16-21)23-13-17-6-5-7-18(12-17)15-24-10-3-4-11-24/h5-7,12,19,22H,1-4,8-11,13-16H2,(H,23,25)/t19-,21+/m0/s1. The SMILES string of the molecule is O=C(NCc1cccc(CN2CCCC2)c1)[C@@]12CCCC[C@H]1CNC2. The van der Waals surface area contributed by atoms with Crippen LogP contribution in [0.1, 0.15) is 49.7 Å². The van der Waals surface area contributed by atoms with Crippen molar-refractivity contribution >= 4 is 5.91 Å². The summed E-state index contributed by atoms with van der Waals surface area (Å²) in [7, 11) is 0. The molecule has 0 unspecified atom stereocenters. The number of nitrogens with zero attached hydrogens (tertiary/aromatic N) is 1.